The summed E-state index contributed by atoms with van der Waals surface area (Å²) in [6, 6.07) is 15.2. The summed E-state index contributed by atoms with van der Waals surface area (Å²) in [4.78, 5) is 3.42. The second-order valence-corrected chi connectivity index (χ2v) is 10.9. The first-order valence-corrected chi connectivity index (χ1v) is 14.2. The van der Waals surface area contributed by atoms with E-state index in [0.717, 1.165) is 29.0 Å². The van der Waals surface area contributed by atoms with Gasteiger partial charge in [-0.3, -0.25) is 0 Å². The summed E-state index contributed by atoms with van der Waals surface area (Å²) >= 11 is 1.32. The number of nitriles is 3. The molecule has 11 heteroatoms. The van der Waals surface area contributed by atoms with Crippen LogP contribution in [0.4, 0.5) is 13.2 Å². The van der Waals surface area contributed by atoms with Crippen molar-refractivity contribution in [2.75, 3.05) is 27.3 Å². The van der Waals surface area contributed by atoms with Gasteiger partial charge in [-0.2, -0.15) is 29.0 Å². The number of benzene rings is 1. The molecule has 0 fully saturated rings. The smallest absolute Gasteiger partial charge is 0.437 e. The third-order valence-corrected chi connectivity index (χ3v) is 8.21. The minimum absolute atomic E-state index is 0.0476. The van der Waals surface area contributed by atoms with E-state index < -0.39 is 34.3 Å². The van der Waals surface area contributed by atoms with Crippen molar-refractivity contribution in [3.63, 3.8) is 0 Å². The number of likely N-dealkylation sites (N-methyl/N-ethyl adjacent to an activating group) is 1. The van der Waals surface area contributed by atoms with Gasteiger partial charge in [0.1, 0.15) is 29.5 Å². The van der Waals surface area contributed by atoms with Gasteiger partial charge in [-0.05, 0) is 48.8 Å². The molecule has 0 saturated heterocycles. The van der Waals surface area contributed by atoms with Crippen LogP contribution in [0.2, 0.25) is 0 Å². The summed E-state index contributed by atoms with van der Waals surface area (Å²) in [6.45, 7) is 0.565. The molecule has 1 atom stereocenters. The Labute approximate surface area is 257 Å². The van der Waals surface area contributed by atoms with Crippen LogP contribution in [-0.4, -0.2) is 43.5 Å². The van der Waals surface area contributed by atoms with Gasteiger partial charge in [0.15, 0.2) is 11.3 Å². The van der Waals surface area contributed by atoms with Gasteiger partial charge in [-0.1, -0.05) is 42.5 Å². The molecule has 0 spiro atoms. The lowest BCUT2D eigenvalue weighted by Crippen LogP contribution is -2.43. The van der Waals surface area contributed by atoms with E-state index in [1.807, 2.05) is 36.2 Å². The van der Waals surface area contributed by atoms with Gasteiger partial charge in [0, 0.05) is 40.2 Å². The molecule has 7 nitrogen and oxygen atoms in total. The predicted molar refractivity (Wildman–Crippen MR) is 160 cm³/mol. The van der Waals surface area contributed by atoms with Crippen LogP contribution >= 0.6 is 11.3 Å². The first-order chi connectivity index (χ1) is 21.1. The number of allylic oxidation sites excluding steroid dienone is 6. The quantitative estimate of drug-likeness (QED) is 0.306. The SMILES string of the molecule is COC1=C(/C=C/c2ccc(/C=C/C3=C(C#N)C(=C(C#N)C#N)OC3(c3ccccc3)C(F)(F)F)s2)CCC(N(C)CCO)=C1. The number of methoxy groups -OCH3 is 1. The highest BCUT2D eigenvalue weighted by atomic mass is 32.1. The number of rotatable bonds is 9. The lowest BCUT2D eigenvalue weighted by Gasteiger charge is -2.33. The van der Waals surface area contributed by atoms with Crippen LogP contribution in [-0.2, 0) is 15.1 Å². The first kappa shape index (κ1) is 31.9. The van der Waals surface area contributed by atoms with Gasteiger partial charge in [0.25, 0.3) is 5.60 Å². The molecule has 2 aliphatic rings. The molecule has 1 aliphatic heterocycles. The molecule has 1 aromatic heterocycles. The number of aliphatic hydroxyl groups excluding tert-OH is 1. The molecule has 224 valence electrons. The molecule has 0 bridgehead atoms. The van der Waals surface area contributed by atoms with E-state index >= 15 is 0 Å². The van der Waals surface area contributed by atoms with Crippen LogP contribution < -0.4 is 0 Å². The molecular formula is C33H27F3N4O3S. The zero-order valence-electron chi connectivity index (χ0n) is 23.9. The summed E-state index contributed by atoms with van der Waals surface area (Å²) in [5, 5.41) is 38.0. The predicted octanol–water partition coefficient (Wildman–Crippen LogP) is 6.89. The van der Waals surface area contributed by atoms with E-state index in [0.29, 0.717) is 17.2 Å². The minimum Gasteiger partial charge on any atom is -0.496 e. The Bertz CT molecular complexity index is 1710. The number of nitrogens with zero attached hydrogens (tertiary/aromatic N) is 4. The van der Waals surface area contributed by atoms with Crippen molar-refractivity contribution >= 4 is 23.5 Å². The fourth-order valence-corrected chi connectivity index (χ4v) is 5.80. The number of thiophene rings is 1. The topological polar surface area (TPSA) is 113 Å². The fourth-order valence-electron chi connectivity index (χ4n) is 4.98. The Balaban J connectivity index is 1.72. The standard InChI is InChI=1S/C33H27F3N4O3S/c1-40(16-17-41)25-10-8-22(30(18-25)42-2)9-11-26-12-13-27(44-26)14-15-29-28(21-39)31(23(19-37)20-38)43-32(29,33(34,35)36)24-6-4-3-5-7-24/h3-7,9,11-15,18,41H,8,10,16-17H2,1-2H3/b11-9+,15-14+. The van der Waals surface area contributed by atoms with Crippen molar-refractivity contribution in [1.29, 1.82) is 15.8 Å². The van der Waals surface area contributed by atoms with E-state index in [1.54, 1.807) is 37.5 Å². The zero-order valence-corrected chi connectivity index (χ0v) is 24.7. The van der Waals surface area contributed by atoms with Crippen molar-refractivity contribution in [3.8, 4) is 18.2 Å². The van der Waals surface area contributed by atoms with Crippen molar-refractivity contribution in [2.24, 2.45) is 0 Å². The van der Waals surface area contributed by atoms with Crippen molar-refractivity contribution in [3.05, 3.63) is 116 Å². The van der Waals surface area contributed by atoms with E-state index in [9.17, 15) is 34.1 Å². The number of halogens is 3. The van der Waals surface area contributed by atoms with Crippen molar-refractivity contribution < 1.29 is 27.8 Å². The molecule has 2 aromatic rings. The third-order valence-electron chi connectivity index (χ3n) is 7.19. The van der Waals surface area contributed by atoms with Gasteiger partial charge in [0.05, 0.1) is 13.7 Å². The lowest BCUT2D eigenvalue weighted by atomic mass is 9.84. The summed E-state index contributed by atoms with van der Waals surface area (Å²) in [6.07, 6.45) is 4.84. The summed E-state index contributed by atoms with van der Waals surface area (Å²) in [5.74, 6) is 0.00568. The minimum atomic E-state index is -5.05. The summed E-state index contributed by atoms with van der Waals surface area (Å²) < 4.78 is 55.9. The van der Waals surface area contributed by atoms with Crippen LogP contribution in [0, 0.1) is 34.0 Å². The highest BCUT2D eigenvalue weighted by molar-refractivity contribution is 7.13. The van der Waals surface area contributed by atoms with Crippen molar-refractivity contribution in [2.45, 2.75) is 24.6 Å². The highest BCUT2D eigenvalue weighted by Gasteiger charge is 2.65. The van der Waals surface area contributed by atoms with Crippen LogP contribution in [0.3, 0.4) is 0 Å². The molecule has 1 aliphatic carbocycles. The summed E-state index contributed by atoms with van der Waals surface area (Å²) in [5.41, 5.74) is -3.15. The van der Waals surface area contributed by atoms with E-state index in [2.05, 4.69) is 0 Å². The molecule has 1 unspecified atom stereocenters. The molecule has 2 heterocycles. The van der Waals surface area contributed by atoms with Gasteiger partial charge < -0.3 is 19.5 Å². The van der Waals surface area contributed by atoms with Crippen LogP contribution in [0.25, 0.3) is 12.2 Å². The molecule has 0 radical (unpaired) electrons. The van der Waals surface area contributed by atoms with Crippen LogP contribution in [0.1, 0.15) is 28.2 Å². The normalized spacial score (nSPS) is 18.6. The fraction of sp³-hybridized carbons (Fsp3) is 0.242. The number of ether oxygens (including phenoxy) is 2. The Kier molecular flexibility index (Phi) is 9.80. The molecule has 1 aromatic carbocycles. The first-order valence-electron chi connectivity index (χ1n) is 13.4. The van der Waals surface area contributed by atoms with Gasteiger partial charge in [0.2, 0.25) is 0 Å². The Morgan fingerprint density at radius 1 is 1.05 bits per heavy atom. The maximum atomic E-state index is 15.0. The third kappa shape index (κ3) is 6.18. The second kappa shape index (κ2) is 13.5. The number of alkyl halides is 3. The van der Waals surface area contributed by atoms with Crippen LogP contribution in [0.15, 0.2) is 100 Å². The van der Waals surface area contributed by atoms with Crippen LogP contribution in [0.5, 0.6) is 0 Å². The Morgan fingerprint density at radius 2 is 1.70 bits per heavy atom. The van der Waals surface area contributed by atoms with Crippen molar-refractivity contribution in [1.82, 2.24) is 4.90 Å². The molecular weight excluding hydrogens is 589 g/mol. The highest BCUT2D eigenvalue weighted by Crippen LogP contribution is 2.56. The monoisotopic (exact) mass is 616 g/mol. The maximum absolute atomic E-state index is 15.0. The lowest BCUT2D eigenvalue weighted by molar-refractivity contribution is -0.249. The largest absolute Gasteiger partial charge is 0.496 e. The summed E-state index contributed by atoms with van der Waals surface area (Å²) in [7, 11) is 3.50. The maximum Gasteiger partial charge on any atom is 0.437 e. The number of hydrogen-bond acceptors (Lipinski definition) is 8. The molecule has 0 amide bonds. The molecule has 0 saturated carbocycles. The average Bonchev–Trinajstić information content (AvgIpc) is 3.62. The van der Waals surface area contributed by atoms with E-state index in [-0.39, 0.29) is 12.2 Å². The molecule has 44 heavy (non-hydrogen) atoms. The van der Waals surface area contributed by atoms with E-state index in [1.165, 1.54) is 47.8 Å². The Hall–Kier alpha value is -5.02. The number of hydrogen-bond donors (Lipinski definition) is 1. The Morgan fingerprint density at radius 3 is 2.27 bits per heavy atom. The number of aliphatic hydroxyl groups is 1. The average molecular weight is 617 g/mol. The van der Waals surface area contributed by atoms with Gasteiger partial charge in [-0.25, -0.2) is 0 Å². The molecule has 4 rings (SSSR count). The molecule has 1 N–H and O–H groups in total. The van der Waals surface area contributed by atoms with Gasteiger partial charge in [-0.15, -0.1) is 11.3 Å². The second-order valence-electron chi connectivity index (χ2n) is 9.76. The van der Waals surface area contributed by atoms with E-state index in [4.69, 9.17) is 9.47 Å². The zero-order chi connectivity index (χ0) is 31.9. The van der Waals surface area contributed by atoms with Gasteiger partial charge >= 0.3 is 6.18 Å².